The highest BCUT2D eigenvalue weighted by Crippen LogP contribution is 2.30. The van der Waals surface area contributed by atoms with Gasteiger partial charge in [-0.2, -0.15) is 0 Å². The minimum absolute atomic E-state index is 0.0348. The standard InChI is InChI=1S/C19H23N3O5/c1-5-13-14(10-11(2)21(4)9-8-12(3)23)19(27)22(18(13)26)15-6-7-16(24)20-17(15)25/h5,10,15H,2,6-9H2,1,3-4H3,(H,20,24,25)/b13-5+,14-10+. The van der Waals surface area contributed by atoms with Crippen LogP contribution in [0.15, 0.2) is 35.6 Å². The van der Waals surface area contributed by atoms with Crippen LogP contribution in [-0.4, -0.2) is 58.8 Å². The normalized spacial score (nSPS) is 23.2. The molecule has 1 N–H and O–H groups in total. The van der Waals surface area contributed by atoms with E-state index in [1.165, 1.54) is 19.1 Å². The van der Waals surface area contributed by atoms with Gasteiger partial charge in [0.05, 0.1) is 5.57 Å². The van der Waals surface area contributed by atoms with Crippen LogP contribution in [0.2, 0.25) is 0 Å². The molecule has 2 fully saturated rings. The molecule has 8 heteroatoms. The van der Waals surface area contributed by atoms with E-state index in [4.69, 9.17) is 0 Å². The number of Topliss-reactive ketones (excluding diaryl/α,β-unsaturated/α-hetero) is 1. The molecule has 0 aromatic heterocycles. The van der Waals surface area contributed by atoms with E-state index in [1.807, 2.05) is 0 Å². The molecule has 144 valence electrons. The number of nitrogens with zero attached hydrogens (tertiary/aromatic N) is 2. The van der Waals surface area contributed by atoms with Crippen molar-refractivity contribution < 1.29 is 24.0 Å². The quantitative estimate of drug-likeness (QED) is 0.536. The van der Waals surface area contributed by atoms with Gasteiger partial charge >= 0.3 is 0 Å². The number of piperidine rings is 1. The van der Waals surface area contributed by atoms with Crippen LogP contribution in [0.1, 0.15) is 33.1 Å². The second-order valence-corrected chi connectivity index (χ2v) is 6.57. The van der Waals surface area contributed by atoms with E-state index in [2.05, 4.69) is 11.9 Å². The molecule has 0 aromatic rings. The van der Waals surface area contributed by atoms with Crippen molar-refractivity contribution in [1.82, 2.24) is 15.1 Å². The van der Waals surface area contributed by atoms with Gasteiger partial charge in [0.15, 0.2) is 0 Å². The summed E-state index contributed by atoms with van der Waals surface area (Å²) < 4.78 is 0. The summed E-state index contributed by atoms with van der Waals surface area (Å²) in [7, 11) is 1.73. The van der Waals surface area contributed by atoms with E-state index < -0.39 is 29.7 Å². The number of amides is 4. The molecule has 0 radical (unpaired) electrons. The number of allylic oxidation sites excluding steroid dienone is 2. The van der Waals surface area contributed by atoms with Gasteiger partial charge in [0.1, 0.15) is 11.8 Å². The highest BCUT2D eigenvalue weighted by Gasteiger charge is 2.46. The number of ketones is 1. The summed E-state index contributed by atoms with van der Waals surface area (Å²) in [6.45, 7) is 7.44. The zero-order chi connectivity index (χ0) is 20.3. The van der Waals surface area contributed by atoms with Crippen molar-refractivity contribution in [1.29, 1.82) is 0 Å². The fourth-order valence-corrected chi connectivity index (χ4v) is 2.96. The Kier molecular flexibility index (Phi) is 6.09. The number of hydrogen-bond donors (Lipinski definition) is 1. The molecule has 0 aliphatic carbocycles. The first-order valence-electron chi connectivity index (χ1n) is 8.66. The molecule has 4 amide bonds. The molecular weight excluding hydrogens is 350 g/mol. The van der Waals surface area contributed by atoms with Crippen LogP contribution in [0.25, 0.3) is 0 Å². The minimum Gasteiger partial charge on any atom is -0.375 e. The van der Waals surface area contributed by atoms with Crippen molar-refractivity contribution in [3.8, 4) is 0 Å². The fourth-order valence-electron chi connectivity index (χ4n) is 2.96. The number of nitrogens with one attached hydrogen (secondary N) is 1. The second-order valence-electron chi connectivity index (χ2n) is 6.57. The highest BCUT2D eigenvalue weighted by molar-refractivity contribution is 6.26. The van der Waals surface area contributed by atoms with E-state index in [-0.39, 0.29) is 29.8 Å². The van der Waals surface area contributed by atoms with Gasteiger partial charge < -0.3 is 4.90 Å². The summed E-state index contributed by atoms with van der Waals surface area (Å²) in [5.41, 5.74) is 0.801. The number of likely N-dealkylation sites (N-methyl/N-ethyl adjacent to an activating group) is 1. The first-order chi connectivity index (χ1) is 12.7. The molecule has 2 aliphatic rings. The average molecular weight is 373 g/mol. The molecule has 0 bridgehead atoms. The lowest BCUT2D eigenvalue weighted by molar-refractivity contribution is -0.149. The zero-order valence-electron chi connectivity index (χ0n) is 15.7. The van der Waals surface area contributed by atoms with E-state index in [0.717, 1.165) is 4.90 Å². The molecule has 1 unspecified atom stereocenters. The molecule has 0 saturated carbocycles. The number of rotatable bonds is 6. The van der Waals surface area contributed by atoms with Gasteiger partial charge in [-0.15, -0.1) is 0 Å². The lowest BCUT2D eigenvalue weighted by atomic mass is 10.0. The van der Waals surface area contributed by atoms with Gasteiger partial charge in [0.2, 0.25) is 11.8 Å². The lowest BCUT2D eigenvalue weighted by Crippen LogP contribution is -2.54. The van der Waals surface area contributed by atoms with E-state index in [0.29, 0.717) is 18.7 Å². The second kappa shape index (κ2) is 8.11. The van der Waals surface area contributed by atoms with Crippen LogP contribution < -0.4 is 5.32 Å². The Hall–Kier alpha value is -3.03. The third-order valence-corrected chi connectivity index (χ3v) is 4.60. The third kappa shape index (κ3) is 4.21. The van der Waals surface area contributed by atoms with E-state index >= 15 is 0 Å². The Morgan fingerprint density at radius 2 is 1.89 bits per heavy atom. The predicted octanol–water partition coefficient (Wildman–Crippen LogP) is 0.458. The maximum atomic E-state index is 12.9. The van der Waals surface area contributed by atoms with E-state index in [1.54, 1.807) is 18.9 Å². The first kappa shape index (κ1) is 20.3. The van der Waals surface area contributed by atoms with Gasteiger partial charge in [0.25, 0.3) is 11.8 Å². The van der Waals surface area contributed by atoms with Crippen molar-refractivity contribution >= 4 is 29.4 Å². The minimum atomic E-state index is -1.01. The topological polar surface area (TPSA) is 104 Å². The van der Waals surface area contributed by atoms with Crippen molar-refractivity contribution in [2.45, 2.75) is 39.2 Å². The molecule has 1 atom stereocenters. The third-order valence-electron chi connectivity index (χ3n) is 4.60. The average Bonchev–Trinajstić information content (AvgIpc) is 2.83. The zero-order valence-corrected chi connectivity index (χ0v) is 15.7. The summed E-state index contributed by atoms with van der Waals surface area (Å²) in [4.78, 5) is 62.7. The van der Waals surface area contributed by atoms with Crippen LogP contribution in [0.5, 0.6) is 0 Å². The summed E-state index contributed by atoms with van der Waals surface area (Å²) in [5, 5.41) is 2.16. The number of carbonyl (C=O) groups excluding carboxylic acids is 5. The number of imide groups is 2. The number of hydrogen-bond acceptors (Lipinski definition) is 6. The van der Waals surface area contributed by atoms with Crippen molar-refractivity contribution in [3.63, 3.8) is 0 Å². The highest BCUT2D eigenvalue weighted by atomic mass is 16.2. The maximum Gasteiger partial charge on any atom is 0.262 e. The molecule has 0 aromatic carbocycles. The monoisotopic (exact) mass is 373 g/mol. The van der Waals surface area contributed by atoms with Crippen LogP contribution in [0.3, 0.4) is 0 Å². The largest absolute Gasteiger partial charge is 0.375 e. The Labute approximate surface area is 157 Å². The smallest absolute Gasteiger partial charge is 0.262 e. The van der Waals surface area contributed by atoms with Gasteiger partial charge in [-0.3, -0.25) is 34.2 Å². The molecule has 2 aliphatic heterocycles. The van der Waals surface area contributed by atoms with Crippen LogP contribution in [-0.2, 0) is 24.0 Å². The summed E-state index contributed by atoms with van der Waals surface area (Å²) in [6.07, 6.45) is 3.51. The number of likely N-dealkylation sites (tertiary alicyclic amines) is 1. The van der Waals surface area contributed by atoms with Gasteiger partial charge in [-0.25, -0.2) is 0 Å². The number of carbonyl (C=O) groups is 5. The molecule has 0 spiro atoms. The molecule has 2 rings (SSSR count). The summed E-state index contributed by atoms with van der Waals surface area (Å²) in [6, 6.07) is -1.01. The van der Waals surface area contributed by atoms with Crippen LogP contribution in [0.4, 0.5) is 0 Å². The molecular formula is C19H23N3O5. The maximum absolute atomic E-state index is 12.9. The summed E-state index contributed by atoms with van der Waals surface area (Å²) in [5.74, 6) is -2.20. The summed E-state index contributed by atoms with van der Waals surface area (Å²) >= 11 is 0. The molecule has 8 nitrogen and oxygen atoms in total. The van der Waals surface area contributed by atoms with E-state index in [9.17, 15) is 24.0 Å². The Bertz CT molecular complexity index is 793. The fraction of sp³-hybridized carbons (Fsp3) is 0.421. The SMILES string of the molecule is C=C(/C=C1/C(=O)N(C2CCC(=O)NC2=O)C(=O)/C1=C/C)N(C)CCC(C)=O. The van der Waals surface area contributed by atoms with Crippen molar-refractivity contribution in [2.24, 2.45) is 0 Å². The molecule has 27 heavy (non-hydrogen) atoms. The van der Waals surface area contributed by atoms with Gasteiger partial charge in [-0.05, 0) is 26.3 Å². The molecule has 2 heterocycles. The lowest BCUT2D eigenvalue weighted by Gasteiger charge is -2.27. The predicted molar refractivity (Wildman–Crippen MR) is 96.9 cm³/mol. The Balaban J connectivity index is 2.27. The van der Waals surface area contributed by atoms with Crippen molar-refractivity contribution in [3.05, 3.63) is 35.6 Å². The van der Waals surface area contributed by atoms with Crippen molar-refractivity contribution in [2.75, 3.05) is 13.6 Å². The van der Waals surface area contributed by atoms with Gasteiger partial charge in [0, 0.05) is 37.7 Å². The van der Waals surface area contributed by atoms with Crippen LogP contribution in [0, 0.1) is 0 Å². The Morgan fingerprint density at radius 1 is 1.26 bits per heavy atom. The first-order valence-corrected chi connectivity index (χ1v) is 8.66. The Morgan fingerprint density at radius 3 is 2.44 bits per heavy atom. The van der Waals surface area contributed by atoms with Gasteiger partial charge in [-0.1, -0.05) is 12.7 Å². The molecule has 2 saturated heterocycles. The van der Waals surface area contributed by atoms with Crippen LogP contribution >= 0.6 is 0 Å².